The molecule has 0 bridgehead atoms. The van der Waals surface area contributed by atoms with Crippen LogP contribution in [0, 0.1) is 5.41 Å². The number of carboxylic acid groups (broad SMARTS) is 1. The molecule has 5 N–H and O–H groups in total. The summed E-state index contributed by atoms with van der Waals surface area (Å²) in [6, 6.07) is -1.98. The van der Waals surface area contributed by atoms with Gasteiger partial charge < -0.3 is 21.3 Å². The molecule has 1 rings (SSSR count). The van der Waals surface area contributed by atoms with Crippen molar-refractivity contribution in [2.75, 3.05) is 0 Å². The van der Waals surface area contributed by atoms with Gasteiger partial charge in [0.15, 0.2) is 5.78 Å². The van der Waals surface area contributed by atoms with Crippen LogP contribution in [-0.2, 0) is 14.4 Å². The van der Waals surface area contributed by atoms with Crippen molar-refractivity contribution < 1.29 is 24.6 Å². The van der Waals surface area contributed by atoms with Crippen molar-refractivity contribution in [1.29, 1.82) is 0 Å². The molecule has 0 heterocycles. The maximum atomic E-state index is 12.3. The fraction of sp³-hybridized carbons (Fsp3) is 0.462. The molecule has 1 amide bonds. The van der Waals surface area contributed by atoms with Gasteiger partial charge >= 0.3 is 5.97 Å². The van der Waals surface area contributed by atoms with Crippen LogP contribution >= 0.6 is 0 Å². The van der Waals surface area contributed by atoms with E-state index in [4.69, 9.17) is 10.8 Å². The zero-order chi connectivity index (χ0) is 15.3. The number of Topliss-reactive ketones (excluding diaryl/α,β-unsaturated/α-hetero) is 1. The standard InChI is InChI=1S/C13H18N2O5/c1-8(14)11(18)13(4-2-9(17)3-5-13)6-10(12(19)20)15-7-16/h2-4,7-8,10,17H,5-6,14H2,1H3,(H,15,16)(H,19,20)/t8-,10-,13?/m0/s1. The quantitative estimate of drug-likeness (QED) is 0.482. The largest absolute Gasteiger partial charge is 0.508 e. The van der Waals surface area contributed by atoms with Gasteiger partial charge in [0.25, 0.3) is 0 Å². The predicted molar refractivity (Wildman–Crippen MR) is 70.8 cm³/mol. The normalized spacial score (nSPS) is 24.4. The molecule has 0 saturated carbocycles. The molecule has 0 aromatic rings. The molecule has 1 unspecified atom stereocenters. The second-order valence-corrected chi connectivity index (χ2v) is 4.85. The summed E-state index contributed by atoms with van der Waals surface area (Å²) in [7, 11) is 0. The second-order valence-electron chi connectivity index (χ2n) is 4.85. The summed E-state index contributed by atoms with van der Waals surface area (Å²) in [5.74, 6) is -1.56. The lowest BCUT2D eigenvalue weighted by atomic mass is 9.71. The van der Waals surface area contributed by atoms with Crippen molar-refractivity contribution in [3.05, 3.63) is 24.0 Å². The number of allylic oxidation sites excluding steroid dienone is 3. The van der Waals surface area contributed by atoms with Crippen LogP contribution in [0.1, 0.15) is 19.8 Å². The minimum atomic E-state index is -1.24. The summed E-state index contributed by atoms with van der Waals surface area (Å²) < 4.78 is 0. The van der Waals surface area contributed by atoms with Crippen molar-refractivity contribution in [3.8, 4) is 0 Å². The maximum absolute atomic E-state index is 12.3. The summed E-state index contributed by atoms with van der Waals surface area (Å²) in [5, 5.41) is 20.6. The number of hydrogen-bond donors (Lipinski definition) is 4. The van der Waals surface area contributed by atoms with Crippen molar-refractivity contribution in [1.82, 2.24) is 5.32 Å². The fourth-order valence-corrected chi connectivity index (χ4v) is 2.22. The van der Waals surface area contributed by atoms with Crippen molar-refractivity contribution in [3.63, 3.8) is 0 Å². The van der Waals surface area contributed by atoms with Gasteiger partial charge in [-0.1, -0.05) is 6.08 Å². The number of nitrogens with two attached hydrogens (primary N) is 1. The third-order valence-corrected chi connectivity index (χ3v) is 3.29. The second kappa shape index (κ2) is 6.33. The summed E-state index contributed by atoms with van der Waals surface area (Å²) >= 11 is 0. The van der Waals surface area contributed by atoms with Crippen LogP contribution in [0.3, 0.4) is 0 Å². The number of nitrogens with one attached hydrogen (secondary N) is 1. The Morgan fingerprint density at radius 2 is 2.25 bits per heavy atom. The first-order valence-electron chi connectivity index (χ1n) is 6.13. The molecule has 0 saturated heterocycles. The molecule has 20 heavy (non-hydrogen) atoms. The van der Waals surface area contributed by atoms with Gasteiger partial charge in [0.2, 0.25) is 6.41 Å². The number of aliphatic carboxylic acids is 1. The van der Waals surface area contributed by atoms with Crippen LogP contribution in [0.15, 0.2) is 24.0 Å². The lowest BCUT2D eigenvalue weighted by Crippen LogP contribution is -2.47. The van der Waals surface area contributed by atoms with E-state index < -0.39 is 23.5 Å². The Hall–Kier alpha value is -2.15. The molecule has 0 aromatic heterocycles. The third kappa shape index (κ3) is 3.45. The molecule has 0 aliphatic heterocycles. The van der Waals surface area contributed by atoms with Crippen LogP contribution in [0.4, 0.5) is 0 Å². The summed E-state index contributed by atoms with van der Waals surface area (Å²) in [5.41, 5.74) is 4.47. The number of rotatable bonds is 7. The SMILES string of the molecule is C[C@H](N)C(=O)C1(C[C@H](NC=O)C(=O)O)C=CC(O)=CC1. The molecule has 3 atom stereocenters. The Bertz CT molecular complexity index is 469. The van der Waals surface area contributed by atoms with Gasteiger partial charge in [-0.25, -0.2) is 4.79 Å². The molecule has 7 nitrogen and oxygen atoms in total. The Balaban J connectivity index is 3.06. The molecule has 1 aliphatic carbocycles. The molecular formula is C13H18N2O5. The highest BCUT2D eigenvalue weighted by Crippen LogP contribution is 2.36. The number of aliphatic hydroxyl groups excluding tert-OH is 1. The van der Waals surface area contributed by atoms with Gasteiger partial charge in [0.05, 0.1) is 11.5 Å². The van der Waals surface area contributed by atoms with Gasteiger partial charge in [0.1, 0.15) is 11.8 Å². The first-order valence-corrected chi connectivity index (χ1v) is 6.13. The Labute approximate surface area is 116 Å². The molecule has 1 aliphatic rings. The van der Waals surface area contributed by atoms with Crippen LogP contribution in [0.5, 0.6) is 0 Å². The van der Waals surface area contributed by atoms with E-state index in [1.54, 1.807) is 0 Å². The van der Waals surface area contributed by atoms with E-state index in [0.29, 0.717) is 0 Å². The lowest BCUT2D eigenvalue weighted by Gasteiger charge is -2.33. The average Bonchev–Trinajstić information content (AvgIpc) is 2.40. The summed E-state index contributed by atoms with van der Waals surface area (Å²) in [4.78, 5) is 33.9. The Kier molecular flexibility index (Phi) is 5.04. The van der Waals surface area contributed by atoms with Crippen molar-refractivity contribution >= 4 is 18.2 Å². The zero-order valence-corrected chi connectivity index (χ0v) is 11.1. The maximum Gasteiger partial charge on any atom is 0.326 e. The van der Waals surface area contributed by atoms with Gasteiger partial charge in [-0.15, -0.1) is 0 Å². The number of aliphatic hydroxyl groups is 1. The first kappa shape index (κ1) is 15.9. The number of amides is 1. The Morgan fingerprint density at radius 3 is 2.65 bits per heavy atom. The van der Waals surface area contributed by atoms with E-state index in [1.165, 1.54) is 25.2 Å². The van der Waals surface area contributed by atoms with E-state index in [0.717, 1.165) is 0 Å². The van der Waals surface area contributed by atoms with Gasteiger partial charge in [-0.3, -0.25) is 9.59 Å². The van der Waals surface area contributed by atoms with Crippen molar-refractivity contribution in [2.24, 2.45) is 11.1 Å². The number of carbonyl (C=O) groups excluding carboxylic acids is 2. The van der Waals surface area contributed by atoms with E-state index in [1.807, 2.05) is 0 Å². The van der Waals surface area contributed by atoms with Crippen LogP contribution in [0.25, 0.3) is 0 Å². The highest BCUT2D eigenvalue weighted by atomic mass is 16.4. The number of hydrogen-bond acceptors (Lipinski definition) is 5. The molecule has 0 spiro atoms. The van der Waals surface area contributed by atoms with Crippen LogP contribution in [0.2, 0.25) is 0 Å². The minimum absolute atomic E-state index is 0.00770. The minimum Gasteiger partial charge on any atom is -0.508 e. The van der Waals surface area contributed by atoms with E-state index in [9.17, 15) is 19.5 Å². The zero-order valence-electron chi connectivity index (χ0n) is 11.1. The van der Waals surface area contributed by atoms with E-state index in [2.05, 4.69) is 5.32 Å². The molecule has 0 aromatic carbocycles. The number of ketones is 1. The van der Waals surface area contributed by atoms with Gasteiger partial charge in [-0.05, 0) is 31.9 Å². The smallest absolute Gasteiger partial charge is 0.326 e. The third-order valence-electron chi connectivity index (χ3n) is 3.29. The van der Waals surface area contributed by atoms with Crippen molar-refractivity contribution in [2.45, 2.75) is 31.8 Å². The molecule has 0 fully saturated rings. The average molecular weight is 282 g/mol. The first-order chi connectivity index (χ1) is 9.32. The highest BCUT2D eigenvalue weighted by Gasteiger charge is 2.41. The van der Waals surface area contributed by atoms with Gasteiger partial charge in [-0.2, -0.15) is 0 Å². The monoisotopic (exact) mass is 282 g/mol. The molecule has 110 valence electrons. The summed E-state index contributed by atoms with van der Waals surface area (Å²) in [6.45, 7) is 1.51. The van der Waals surface area contributed by atoms with Crippen LogP contribution in [-0.4, -0.2) is 40.5 Å². The number of carbonyl (C=O) groups is 3. The lowest BCUT2D eigenvalue weighted by molar-refractivity contribution is -0.142. The van der Waals surface area contributed by atoms with Gasteiger partial charge in [0, 0.05) is 0 Å². The molecule has 0 radical (unpaired) electrons. The fourth-order valence-electron chi connectivity index (χ4n) is 2.22. The highest BCUT2D eigenvalue weighted by molar-refractivity contribution is 5.92. The molecule has 7 heteroatoms. The topological polar surface area (TPSA) is 130 Å². The van der Waals surface area contributed by atoms with E-state index >= 15 is 0 Å². The Morgan fingerprint density at radius 1 is 1.60 bits per heavy atom. The summed E-state index contributed by atoms with van der Waals surface area (Å²) in [6.07, 6.45) is 4.52. The van der Waals surface area contributed by atoms with Crippen LogP contribution < -0.4 is 11.1 Å². The van der Waals surface area contributed by atoms with E-state index in [-0.39, 0.29) is 30.8 Å². The predicted octanol–water partition coefficient (Wildman–Crippen LogP) is -0.120. The molecular weight excluding hydrogens is 264 g/mol. The number of carboxylic acids is 1.